The molecule has 0 saturated heterocycles. The predicted octanol–water partition coefficient (Wildman–Crippen LogP) is 3.65. The van der Waals surface area contributed by atoms with E-state index in [2.05, 4.69) is 5.43 Å². The van der Waals surface area contributed by atoms with Gasteiger partial charge < -0.3 is 4.74 Å². The standard InChI is InChI=1S/C13H21ClN2OS/c1-2-17-13(8-4-3-5-9-13)12(16-15)10-6-7-11(14)18-10/h6-7,12,16H,2-5,8-9,15H2,1H3. The molecule has 1 aliphatic carbocycles. The first-order chi connectivity index (χ1) is 8.72. The van der Waals surface area contributed by atoms with Crippen LogP contribution in [-0.2, 0) is 4.74 Å². The maximum Gasteiger partial charge on any atom is 0.0931 e. The maximum atomic E-state index is 6.11. The van der Waals surface area contributed by atoms with Gasteiger partial charge in [-0.25, -0.2) is 5.43 Å². The first kappa shape index (κ1) is 14.3. The molecule has 1 heterocycles. The number of rotatable bonds is 5. The van der Waals surface area contributed by atoms with Gasteiger partial charge in [0.15, 0.2) is 0 Å². The summed E-state index contributed by atoms with van der Waals surface area (Å²) in [5.74, 6) is 5.79. The Balaban J connectivity index is 2.26. The van der Waals surface area contributed by atoms with Crippen molar-refractivity contribution in [2.75, 3.05) is 6.61 Å². The lowest BCUT2D eigenvalue weighted by Crippen LogP contribution is -2.49. The zero-order valence-corrected chi connectivity index (χ0v) is 12.3. The zero-order valence-electron chi connectivity index (χ0n) is 10.7. The average Bonchev–Trinajstić information content (AvgIpc) is 2.78. The minimum atomic E-state index is -0.171. The second-order valence-corrected chi connectivity index (χ2v) is 6.55. The van der Waals surface area contributed by atoms with E-state index in [-0.39, 0.29) is 11.6 Å². The Labute approximate surface area is 118 Å². The smallest absolute Gasteiger partial charge is 0.0931 e. The van der Waals surface area contributed by atoms with Gasteiger partial charge in [0, 0.05) is 11.5 Å². The van der Waals surface area contributed by atoms with Crippen LogP contribution in [-0.4, -0.2) is 12.2 Å². The molecule has 0 aromatic carbocycles. The van der Waals surface area contributed by atoms with Crippen molar-refractivity contribution in [3.63, 3.8) is 0 Å². The van der Waals surface area contributed by atoms with E-state index in [0.29, 0.717) is 0 Å². The highest BCUT2D eigenvalue weighted by molar-refractivity contribution is 7.16. The highest BCUT2D eigenvalue weighted by Crippen LogP contribution is 2.43. The summed E-state index contributed by atoms with van der Waals surface area (Å²) < 4.78 is 6.91. The molecule has 0 radical (unpaired) electrons. The van der Waals surface area contributed by atoms with Gasteiger partial charge in [-0.1, -0.05) is 30.9 Å². The minimum Gasteiger partial charge on any atom is -0.373 e. The van der Waals surface area contributed by atoms with Crippen LogP contribution in [0.1, 0.15) is 49.9 Å². The number of ether oxygens (including phenoxy) is 1. The van der Waals surface area contributed by atoms with Gasteiger partial charge in [-0.05, 0) is 31.9 Å². The molecular formula is C13H21ClN2OS. The summed E-state index contributed by atoms with van der Waals surface area (Å²) in [6.07, 6.45) is 5.82. The quantitative estimate of drug-likeness (QED) is 0.642. The van der Waals surface area contributed by atoms with E-state index in [1.807, 2.05) is 19.1 Å². The van der Waals surface area contributed by atoms with Crippen LogP contribution < -0.4 is 11.3 Å². The van der Waals surface area contributed by atoms with E-state index in [1.54, 1.807) is 11.3 Å². The predicted molar refractivity (Wildman–Crippen MR) is 76.8 cm³/mol. The summed E-state index contributed by atoms with van der Waals surface area (Å²) >= 11 is 7.61. The fourth-order valence-corrected chi connectivity index (χ4v) is 4.16. The van der Waals surface area contributed by atoms with Crippen molar-refractivity contribution in [3.05, 3.63) is 21.3 Å². The van der Waals surface area contributed by atoms with Gasteiger partial charge in [0.1, 0.15) is 0 Å². The van der Waals surface area contributed by atoms with Gasteiger partial charge >= 0.3 is 0 Å². The molecule has 0 aliphatic heterocycles. The summed E-state index contributed by atoms with van der Waals surface area (Å²) in [6.45, 7) is 2.77. The van der Waals surface area contributed by atoms with Crippen LogP contribution in [0.15, 0.2) is 12.1 Å². The van der Waals surface area contributed by atoms with Crippen LogP contribution in [0.25, 0.3) is 0 Å². The third-order valence-corrected chi connectivity index (χ3v) is 5.00. The molecule has 5 heteroatoms. The van der Waals surface area contributed by atoms with Crippen molar-refractivity contribution in [1.29, 1.82) is 0 Å². The second-order valence-electron chi connectivity index (χ2n) is 4.80. The summed E-state index contributed by atoms with van der Waals surface area (Å²) in [4.78, 5) is 1.16. The number of hydrogen-bond donors (Lipinski definition) is 2. The van der Waals surface area contributed by atoms with Gasteiger partial charge in [-0.2, -0.15) is 0 Å². The van der Waals surface area contributed by atoms with Crippen molar-refractivity contribution in [1.82, 2.24) is 5.43 Å². The van der Waals surface area contributed by atoms with Crippen molar-refractivity contribution < 1.29 is 4.74 Å². The van der Waals surface area contributed by atoms with Gasteiger partial charge in [0.2, 0.25) is 0 Å². The summed E-state index contributed by atoms with van der Waals surface area (Å²) in [5.41, 5.74) is 2.78. The molecule has 1 fully saturated rings. The molecule has 1 aliphatic rings. The van der Waals surface area contributed by atoms with Crippen LogP contribution >= 0.6 is 22.9 Å². The van der Waals surface area contributed by atoms with Gasteiger partial charge in [-0.3, -0.25) is 5.84 Å². The monoisotopic (exact) mass is 288 g/mol. The molecule has 0 bridgehead atoms. The van der Waals surface area contributed by atoms with E-state index in [4.69, 9.17) is 22.2 Å². The minimum absolute atomic E-state index is 0.0373. The van der Waals surface area contributed by atoms with E-state index in [0.717, 1.165) is 28.7 Å². The second kappa shape index (κ2) is 6.35. The molecule has 3 N–H and O–H groups in total. The van der Waals surface area contributed by atoms with Crippen LogP contribution in [0.4, 0.5) is 0 Å². The maximum absolute atomic E-state index is 6.11. The number of nitrogens with one attached hydrogen (secondary N) is 1. The van der Waals surface area contributed by atoms with Crippen LogP contribution in [0, 0.1) is 0 Å². The number of hydrogen-bond acceptors (Lipinski definition) is 4. The molecule has 1 aromatic heterocycles. The molecular weight excluding hydrogens is 268 g/mol. The van der Waals surface area contributed by atoms with Gasteiger partial charge in [0.05, 0.1) is 16.0 Å². The fourth-order valence-electron chi connectivity index (χ4n) is 2.93. The molecule has 18 heavy (non-hydrogen) atoms. The first-order valence-electron chi connectivity index (χ1n) is 6.57. The van der Waals surface area contributed by atoms with E-state index in [1.165, 1.54) is 19.3 Å². The normalized spacial score (nSPS) is 20.8. The molecule has 1 atom stereocenters. The molecule has 102 valence electrons. The Hall–Kier alpha value is -0.130. The number of nitrogens with two attached hydrogens (primary N) is 1. The molecule has 1 saturated carbocycles. The van der Waals surface area contributed by atoms with Crippen molar-refractivity contribution in [2.24, 2.45) is 5.84 Å². The Morgan fingerprint density at radius 2 is 2.17 bits per heavy atom. The lowest BCUT2D eigenvalue weighted by molar-refractivity contribution is -0.0906. The molecule has 3 nitrogen and oxygen atoms in total. The SMILES string of the molecule is CCOC1(C(NN)c2ccc(Cl)s2)CCCCC1. The zero-order chi connectivity index (χ0) is 13.0. The summed E-state index contributed by atoms with van der Waals surface area (Å²) in [6, 6.07) is 4.01. The highest BCUT2D eigenvalue weighted by Gasteiger charge is 2.41. The molecule has 0 spiro atoms. The fraction of sp³-hybridized carbons (Fsp3) is 0.692. The Morgan fingerprint density at radius 3 is 2.67 bits per heavy atom. The van der Waals surface area contributed by atoms with Crippen molar-refractivity contribution in [3.8, 4) is 0 Å². The lowest BCUT2D eigenvalue weighted by atomic mass is 9.78. The van der Waals surface area contributed by atoms with Gasteiger partial charge in [0.25, 0.3) is 0 Å². The van der Waals surface area contributed by atoms with Crippen molar-refractivity contribution in [2.45, 2.75) is 50.7 Å². The lowest BCUT2D eigenvalue weighted by Gasteiger charge is -2.42. The molecule has 2 rings (SSSR count). The Morgan fingerprint density at radius 1 is 1.44 bits per heavy atom. The number of hydrazine groups is 1. The first-order valence-corrected chi connectivity index (χ1v) is 7.76. The summed E-state index contributed by atoms with van der Waals surface area (Å²) in [7, 11) is 0. The highest BCUT2D eigenvalue weighted by atomic mass is 35.5. The van der Waals surface area contributed by atoms with E-state index in [9.17, 15) is 0 Å². The van der Waals surface area contributed by atoms with E-state index >= 15 is 0 Å². The average molecular weight is 289 g/mol. The molecule has 0 amide bonds. The van der Waals surface area contributed by atoms with Crippen molar-refractivity contribution >= 4 is 22.9 Å². The van der Waals surface area contributed by atoms with Crippen LogP contribution in [0.5, 0.6) is 0 Å². The largest absolute Gasteiger partial charge is 0.373 e. The Kier molecular flexibility index (Phi) is 5.04. The van der Waals surface area contributed by atoms with Gasteiger partial charge in [-0.15, -0.1) is 11.3 Å². The van der Waals surface area contributed by atoms with E-state index < -0.39 is 0 Å². The third-order valence-electron chi connectivity index (χ3n) is 3.70. The molecule has 1 aromatic rings. The Bertz CT molecular complexity index is 371. The summed E-state index contributed by atoms with van der Waals surface area (Å²) in [5, 5.41) is 0. The van der Waals surface area contributed by atoms with Crippen LogP contribution in [0.2, 0.25) is 4.34 Å². The topological polar surface area (TPSA) is 47.3 Å². The number of halogens is 1. The third kappa shape index (κ3) is 2.89. The molecule has 1 unspecified atom stereocenters. The number of thiophene rings is 1. The van der Waals surface area contributed by atoms with Crippen LogP contribution in [0.3, 0.4) is 0 Å².